The molecule has 3 aromatic rings. The maximum absolute atomic E-state index is 11.8. The van der Waals surface area contributed by atoms with Gasteiger partial charge in [-0.3, -0.25) is 5.10 Å². The summed E-state index contributed by atoms with van der Waals surface area (Å²) in [5, 5.41) is 6.92. The lowest BCUT2D eigenvalue weighted by Crippen LogP contribution is -2.06. The van der Waals surface area contributed by atoms with Crippen LogP contribution in [0.15, 0.2) is 48.7 Å². The van der Waals surface area contributed by atoms with Crippen LogP contribution in [0, 0.1) is 6.92 Å². The number of benzene rings is 1. The number of para-hydroxylation sites is 1. The monoisotopic (exact) mass is 323 g/mol. The Balaban J connectivity index is 1.80. The van der Waals surface area contributed by atoms with Gasteiger partial charge in [-0.15, -0.1) is 0 Å². The van der Waals surface area contributed by atoms with Gasteiger partial charge in [0, 0.05) is 23.4 Å². The van der Waals surface area contributed by atoms with E-state index in [2.05, 4.69) is 15.2 Å². The van der Waals surface area contributed by atoms with Crippen LogP contribution in [-0.2, 0) is 4.74 Å². The lowest BCUT2D eigenvalue weighted by atomic mass is 10.1. The molecule has 0 amide bonds. The molecule has 1 aromatic carbocycles. The lowest BCUT2D eigenvalue weighted by molar-refractivity contribution is 0.0518. The van der Waals surface area contributed by atoms with Gasteiger partial charge in [-0.05, 0) is 32.0 Å². The van der Waals surface area contributed by atoms with Crippen LogP contribution in [0.25, 0.3) is 11.3 Å². The molecule has 0 saturated heterocycles. The summed E-state index contributed by atoms with van der Waals surface area (Å²) >= 11 is 0. The Kier molecular flexibility index (Phi) is 4.56. The molecule has 0 radical (unpaired) electrons. The number of aromatic nitrogens is 3. The van der Waals surface area contributed by atoms with Gasteiger partial charge < -0.3 is 9.47 Å². The van der Waals surface area contributed by atoms with Gasteiger partial charge in [0.05, 0.1) is 12.3 Å². The summed E-state index contributed by atoms with van der Waals surface area (Å²) in [5.74, 6) is 0.799. The van der Waals surface area contributed by atoms with Crippen molar-refractivity contribution < 1.29 is 14.3 Å². The predicted molar refractivity (Wildman–Crippen MR) is 89.0 cm³/mol. The number of esters is 1. The van der Waals surface area contributed by atoms with Crippen molar-refractivity contribution >= 4 is 5.97 Å². The van der Waals surface area contributed by atoms with Crippen LogP contribution in [0.5, 0.6) is 11.6 Å². The molecule has 0 saturated carbocycles. The number of nitrogens with one attached hydrogen (secondary N) is 1. The second-order valence-corrected chi connectivity index (χ2v) is 5.09. The highest BCUT2D eigenvalue weighted by atomic mass is 16.5. The number of rotatable bonds is 5. The summed E-state index contributed by atoms with van der Waals surface area (Å²) in [5.41, 5.74) is 2.54. The normalized spacial score (nSPS) is 10.4. The molecule has 3 rings (SSSR count). The van der Waals surface area contributed by atoms with Crippen molar-refractivity contribution in [2.24, 2.45) is 0 Å². The van der Waals surface area contributed by atoms with Crippen molar-refractivity contribution in [1.82, 2.24) is 15.2 Å². The van der Waals surface area contributed by atoms with Crippen LogP contribution in [0.3, 0.4) is 0 Å². The van der Waals surface area contributed by atoms with Crippen molar-refractivity contribution in [3.05, 3.63) is 59.9 Å². The first kappa shape index (κ1) is 15.7. The van der Waals surface area contributed by atoms with Crippen molar-refractivity contribution in [2.75, 3.05) is 6.61 Å². The molecule has 0 fully saturated rings. The zero-order valence-corrected chi connectivity index (χ0v) is 13.4. The Labute approximate surface area is 139 Å². The fourth-order valence-corrected chi connectivity index (χ4v) is 2.27. The predicted octanol–water partition coefficient (Wildman–Crippen LogP) is 3.75. The summed E-state index contributed by atoms with van der Waals surface area (Å²) < 4.78 is 10.7. The molecule has 0 spiro atoms. The lowest BCUT2D eigenvalue weighted by Gasteiger charge is -2.05. The fourth-order valence-electron chi connectivity index (χ4n) is 2.27. The summed E-state index contributed by atoms with van der Waals surface area (Å²) in [6.07, 6.45) is 1.66. The Bertz CT molecular complexity index is 826. The summed E-state index contributed by atoms with van der Waals surface area (Å²) in [6, 6.07) is 13.0. The number of carbonyl (C=O) groups is 1. The van der Waals surface area contributed by atoms with Gasteiger partial charge in [0.1, 0.15) is 11.4 Å². The van der Waals surface area contributed by atoms with Crippen LogP contribution in [0.1, 0.15) is 23.0 Å². The molecule has 6 nitrogen and oxygen atoms in total. The van der Waals surface area contributed by atoms with Crippen LogP contribution in [0.2, 0.25) is 0 Å². The van der Waals surface area contributed by atoms with E-state index in [0.29, 0.717) is 23.9 Å². The second-order valence-electron chi connectivity index (χ2n) is 5.09. The molecule has 1 N–H and O–H groups in total. The van der Waals surface area contributed by atoms with Gasteiger partial charge >= 0.3 is 5.97 Å². The summed E-state index contributed by atoms with van der Waals surface area (Å²) in [7, 11) is 0. The van der Waals surface area contributed by atoms with E-state index in [-0.39, 0.29) is 0 Å². The van der Waals surface area contributed by atoms with Crippen LogP contribution >= 0.6 is 0 Å². The van der Waals surface area contributed by atoms with E-state index in [1.165, 1.54) is 0 Å². The number of ether oxygens (including phenoxy) is 2. The number of aromatic amines is 1. The zero-order chi connectivity index (χ0) is 16.9. The first-order valence-electron chi connectivity index (χ1n) is 7.60. The number of H-pyrrole nitrogens is 1. The van der Waals surface area contributed by atoms with E-state index in [9.17, 15) is 4.79 Å². The SMILES string of the molecule is CCOC(=O)c1[nH]nc(-c2ccc(Oc3ccccc3)nc2)c1C. The summed E-state index contributed by atoms with van der Waals surface area (Å²) in [4.78, 5) is 16.1. The Morgan fingerprint density at radius 1 is 1.17 bits per heavy atom. The number of hydrogen-bond acceptors (Lipinski definition) is 5. The molecular formula is C18H17N3O3. The zero-order valence-electron chi connectivity index (χ0n) is 13.4. The Hall–Kier alpha value is -3.15. The molecule has 24 heavy (non-hydrogen) atoms. The molecule has 0 aliphatic carbocycles. The van der Waals surface area contributed by atoms with Gasteiger partial charge in [-0.1, -0.05) is 18.2 Å². The van der Waals surface area contributed by atoms with E-state index < -0.39 is 5.97 Å². The second kappa shape index (κ2) is 6.95. The number of hydrogen-bond donors (Lipinski definition) is 1. The first-order chi connectivity index (χ1) is 11.7. The molecule has 0 aliphatic rings. The van der Waals surface area contributed by atoms with Gasteiger partial charge in [-0.25, -0.2) is 9.78 Å². The van der Waals surface area contributed by atoms with Crippen molar-refractivity contribution in [2.45, 2.75) is 13.8 Å². The van der Waals surface area contributed by atoms with Crippen LogP contribution in [-0.4, -0.2) is 27.8 Å². The molecule has 6 heteroatoms. The minimum Gasteiger partial charge on any atom is -0.461 e. The van der Waals surface area contributed by atoms with Gasteiger partial charge in [0.25, 0.3) is 0 Å². The molecular weight excluding hydrogens is 306 g/mol. The third-order valence-electron chi connectivity index (χ3n) is 3.46. The highest BCUT2D eigenvalue weighted by Gasteiger charge is 2.18. The van der Waals surface area contributed by atoms with E-state index in [1.54, 1.807) is 19.2 Å². The third kappa shape index (κ3) is 3.27. The average molecular weight is 323 g/mol. The molecule has 122 valence electrons. The number of carbonyl (C=O) groups excluding carboxylic acids is 1. The first-order valence-corrected chi connectivity index (χ1v) is 7.60. The van der Waals surface area contributed by atoms with E-state index >= 15 is 0 Å². The van der Waals surface area contributed by atoms with E-state index in [1.807, 2.05) is 43.3 Å². The summed E-state index contributed by atoms with van der Waals surface area (Å²) in [6.45, 7) is 3.90. The molecule has 0 bridgehead atoms. The van der Waals surface area contributed by atoms with Crippen LogP contribution < -0.4 is 4.74 Å². The highest BCUT2D eigenvalue weighted by Crippen LogP contribution is 2.25. The third-order valence-corrected chi connectivity index (χ3v) is 3.46. The van der Waals surface area contributed by atoms with E-state index in [0.717, 1.165) is 16.9 Å². The number of pyridine rings is 1. The van der Waals surface area contributed by atoms with Gasteiger partial charge in [0.15, 0.2) is 0 Å². The molecule has 2 heterocycles. The quantitative estimate of drug-likeness (QED) is 0.724. The standard InChI is InChI=1S/C18H17N3O3/c1-3-23-18(22)17-12(2)16(20-21-17)13-9-10-15(19-11-13)24-14-7-5-4-6-8-14/h4-11H,3H2,1-2H3,(H,20,21). The van der Waals surface area contributed by atoms with Crippen molar-refractivity contribution in [3.8, 4) is 22.9 Å². The Morgan fingerprint density at radius 2 is 1.96 bits per heavy atom. The average Bonchev–Trinajstić information content (AvgIpc) is 2.98. The van der Waals surface area contributed by atoms with Gasteiger partial charge in [-0.2, -0.15) is 5.10 Å². The minimum absolute atomic E-state index is 0.319. The van der Waals surface area contributed by atoms with Crippen LogP contribution in [0.4, 0.5) is 0 Å². The molecule has 0 aliphatic heterocycles. The van der Waals surface area contributed by atoms with E-state index in [4.69, 9.17) is 9.47 Å². The number of nitrogens with zero attached hydrogens (tertiary/aromatic N) is 2. The van der Waals surface area contributed by atoms with Crippen molar-refractivity contribution in [1.29, 1.82) is 0 Å². The minimum atomic E-state index is -0.411. The Morgan fingerprint density at radius 3 is 2.62 bits per heavy atom. The maximum Gasteiger partial charge on any atom is 0.356 e. The smallest absolute Gasteiger partial charge is 0.356 e. The van der Waals surface area contributed by atoms with Gasteiger partial charge in [0.2, 0.25) is 5.88 Å². The molecule has 0 atom stereocenters. The molecule has 2 aromatic heterocycles. The largest absolute Gasteiger partial charge is 0.461 e. The molecule has 0 unspecified atom stereocenters. The maximum atomic E-state index is 11.8. The fraction of sp³-hybridized carbons (Fsp3) is 0.167. The van der Waals surface area contributed by atoms with Crippen molar-refractivity contribution in [3.63, 3.8) is 0 Å². The topological polar surface area (TPSA) is 77.1 Å². The highest BCUT2D eigenvalue weighted by molar-refractivity contribution is 5.90.